The van der Waals surface area contributed by atoms with Gasteiger partial charge in [-0.05, 0) is 78.8 Å². The maximum absolute atomic E-state index is 12.5. The number of alkyl halides is 3. The van der Waals surface area contributed by atoms with Gasteiger partial charge in [-0.15, -0.1) is 24.5 Å². The van der Waals surface area contributed by atoms with Crippen molar-refractivity contribution in [1.29, 1.82) is 0 Å². The zero-order valence-electron chi connectivity index (χ0n) is 19.4. The van der Waals surface area contributed by atoms with Crippen LogP contribution < -0.4 is 10.1 Å². The molecule has 1 amide bonds. The van der Waals surface area contributed by atoms with Crippen LogP contribution in [0.2, 0.25) is 5.02 Å². The molecule has 1 N–H and O–H groups in total. The molecule has 4 nitrogen and oxygen atoms in total. The molecular formula is C27H26ClF3N2O2S. The lowest BCUT2D eigenvalue weighted by atomic mass is 9.64. The zero-order chi connectivity index (χ0) is 25.3. The second-order valence-electron chi connectivity index (χ2n) is 9.67. The third-order valence-corrected chi connectivity index (χ3v) is 8.52. The molecule has 1 saturated carbocycles. The predicted molar refractivity (Wildman–Crippen MR) is 133 cm³/mol. The van der Waals surface area contributed by atoms with Gasteiger partial charge in [0.1, 0.15) is 10.8 Å². The van der Waals surface area contributed by atoms with E-state index < -0.39 is 6.36 Å². The molecule has 1 aliphatic heterocycles. The second-order valence-corrected chi connectivity index (χ2v) is 11.0. The van der Waals surface area contributed by atoms with E-state index in [1.807, 2.05) is 23.7 Å². The van der Waals surface area contributed by atoms with Crippen molar-refractivity contribution in [2.24, 2.45) is 17.8 Å². The average molecular weight is 535 g/mol. The van der Waals surface area contributed by atoms with Crippen LogP contribution in [-0.4, -0.2) is 23.3 Å². The van der Waals surface area contributed by atoms with Gasteiger partial charge in [-0.2, -0.15) is 0 Å². The van der Waals surface area contributed by atoms with Crippen molar-refractivity contribution in [1.82, 2.24) is 10.3 Å². The van der Waals surface area contributed by atoms with Crippen LogP contribution in [0.15, 0.2) is 60.1 Å². The summed E-state index contributed by atoms with van der Waals surface area (Å²) in [5.41, 5.74) is 2.09. The van der Waals surface area contributed by atoms with Crippen LogP contribution in [0.4, 0.5) is 13.2 Å². The maximum Gasteiger partial charge on any atom is 0.573 e. The van der Waals surface area contributed by atoms with Gasteiger partial charge >= 0.3 is 6.36 Å². The number of carbonyl (C=O) groups is 1. The van der Waals surface area contributed by atoms with Gasteiger partial charge in [0.15, 0.2) is 0 Å². The van der Waals surface area contributed by atoms with Gasteiger partial charge in [-0.25, -0.2) is 4.98 Å². The maximum atomic E-state index is 12.5. The first-order valence-corrected chi connectivity index (χ1v) is 13.3. The van der Waals surface area contributed by atoms with Crippen molar-refractivity contribution in [3.05, 3.63) is 81.3 Å². The second kappa shape index (κ2) is 10.4. The molecule has 5 rings (SSSR count). The average Bonchev–Trinajstić information content (AvgIpc) is 3.35. The lowest BCUT2D eigenvalue weighted by Gasteiger charge is -2.46. The Morgan fingerprint density at radius 1 is 1.11 bits per heavy atom. The summed E-state index contributed by atoms with van der Waals surface area (Å²) in [6.07, 6.45) is 0.984. The number of nitrogens with zero attached hydrogens (tertiary/aromatic N) is 1. The van der Waals surface area contributed by atoms with E-state index in [1.165, 1.54) is 17.7 Å². The summed E-state index contributed by atoms with van der Waals surface area (Å²) in [5.74, 6) is 0.716. The van der Waals surface area contributed by atoms with E-state index in [-0.39, 0.29) is 35.5 Å². The van der Waals surface area contributed by atoms with Crippen molar-refractivity contribution in [2.75, 3.05) is 0 Å². The highest BCUT2D eigenvalue weighted by atomic mass is 35.5. The van der Waals surface area contributed by atoms with Gasteiger partial charge in [-0.3, -0.25) is 4.79 Å². The predicted octanol–water partition coefficient (Wildman–Crippen LogP) is 6.99. The molecule has 2 fully saturated rings. The number of ether oxygens (including phenoxy) is 1. The van der Waals surface area contributed by atoms with Crippen molar-refractivity contribution in [2.45, 2.75) is 50.4 Å². The summed E-state index contributed by atoms with van der Waals surface area (Å²) in [5, 5.41) is 6.97. The first-order valence-electron chi connectivity index (χ1n) is 12.0. The highest BCUT2D eigenvalue weighted by Crippen LogP contribution is 2.47. The Morgan fingerprint density at radius 3 is 2.53 bits per heavy atom. The molecule has 2 heterocycles. The Morgan fingerprint density at radius 2 is 1.86 bits per heavy atom. The first-order chi connectivity index (χ1) is 17.2. The summed E-state index contributed by atoms with van der Waals surface area (Å²) in [4.78, 5) is 17.2. The van der Waals surface area contributed by atoms with E-state index in [9.17, 15) is 18.0 Å². The summed E-state index contributed by atoms with van der Waals surface area (Å²) in [6.45, 7) is 0. The number of rotatable bonds is 6. The standard InChI is InChI=1S/C27H26ClF3N2O2S/c28-20-6-3-17(4-7-20)25(26-32-11-12-36-26)18-5-10-23-22(14-18)19(15-24(34)33-23)13-16-1-8-21(9-2-16)35-27(29,30)31/h1-4,6-9,11-12,18-19,22-23,25H,5,10,13-15H2,(H,33,34). The van der Waals surface area contributed by atoms with Crippen LogP contribution >= 0.6 is 22.9 Å². The van der Waals surface area contributed by atoms with Crippen LogP contribution in [0.25, 0.3) is 0 Å². The number of benzene rings is 2. The normalized spacial score (nSPS) is 25.1. The summed E-state index contributed by atoms with van der Waals surface area (Å²) in [7, 11) is 0. The number of nitrogens with one attached hydrogen (secondary N) is 1. The number of fused-ring (bicyclic) bond motifs is 1. The molecule has 3 aromatic rings. The van der Waals surface area contributed by atoms with E-state index >= 15 is 0 Å². The largest absolute Gasteiger partial charge is 0.573 e. The molecule has 1 aliphatic carbocycles. The number of amides is 1. The third kappa shape index (κ3) is 5.86. The molecule has 1 aromatic heterocycles. The molecule has 0 bridgehead atoms. The third-order valence-electron chi connectivity index (χ3n) is 7.41. The van der Waals surface area contributed by atoms with E-state index in [2.05, 4.69) is 27.2 Å². The quantitative estimate of drug-likeness (QED) is 0.371. The van der Waals surface area contributed by atoms with Crippen LogP contribution in [0.5, 0.6) is 5.75 Å². The molecule has 9 heteroatoms. The van der Waals surface area contributed by atoms with Crippen molar-refractivity contribution >= 4 is 28.8 Å². The lowest BCUT2D eigenvalue weighted by Crippen LogP contribution is -2.52. The van der Waals surface area contributed by atoms with Crippen LogP contribution in [0.1, 0.15) is 47.7 Å². The Bertz CT molecular complexity index is 1170. The van der Waals surface area contributed by atoms with E-state index in [0.29, 0.717) is 23.8 Å². The Balaban J connectivity index is 1.36. The monoisotopic (exact) mass is 534 g/mol. The first kappa shape index (κ1) is 25.1. The molecule has 1 saturated heterocycles. The molecule has 2 aromatic carbocycles. The van der Waals surface area contributed by atoms with Gasteiger partial charge in [0.2, 0.25) is 5.91 Å². The number of thiazole rings is 1. The lowest BCUT2D eigenvalue weighted by molar-refractivity contribution is -0.274. The highest BCUT2D eigenvalue weighted by molar-refractivity contribution is 7.09. The van der Waals surface area contributed by atoms with Crippen LogP contribution in [0, 0.1) is 17.8 Å². The highest BCUT2D eigenvalue weighted by Gasteiger charge is 2.43. The molecule has 5 unspecified atom stereocenters. The minimum Gasteiger partial charge on any atom is -0.406 e. The Hall–Kier alpha value is -2.58. The molecule has 5 atom stereocenters. The van der Waals surface area contributed by atoms with Gasteiger partial charge in [0.05, 0.1) is 0 Å². The summed E-state index contributed by atoms with van der Waals surface area (Å²) in [6, 6.07) is 14.1. The van der Waals surface area contributed by atoms with Gasteiger partial charge in [0.25, 0.3) is 0 Å². The summed E-state index contributed by atoms with van der Waals surface area (Å²) < 4.78 is 41.5. The Kier molecular flexibility index (Phi) is 7.26. The van der Waals surface area contributed by atoms with E-state index in [0.717, 1.165) is 29.8 Å². The zero-order valence-corrected chi connectivity index (χ0v) is 21.0. The number of aromatic nitrogens is 1. The number of piperidine rings is 1. The summed E-state index contributed by atoms with van der Waals surface area (Å²) >= 11 is 7.81. The minimum atomic E-state index is -4.72. The van der Waals surface area contributed by atoms with E-state index in [4.69, 9.17) is 11.6 Å². The minimum absolute atomic E-state index is 0.0471. The topological polar surface area (TPSA) is 51.2 Å². The molecule has 0 radical (unpaired) electrons. The fourth-order valence-corrected chi connectivity index (χ4v) is 6.91. The molecule has 2 aliphatic rings. The van der Waals surface area contributed by atoms with Crippen molar-refractivity contribution in [3.63, 3.8) is 0 Å². The molecule has 190 valence electrons. The van der Waals surface area contributed by atoms with Crippen molar-refractivity contribution in [3.8, 4) is 5.75 Å². The number of hydrogen-bond donors (Lipinski definition) is 1. The fraction of sp³-hybridized carbons (Fsp3) is 0.407. The molecule has 0 spiro atoms. The molecule has 36 heavy (non-hydrogen) atoms. The van der Waals surface area contributed by atoms with Gasteiger partial charge in [0, 0.05) is 35.0 Å². The van der Waals surface area contributed by atoms with Gasteiger partial charge < -0.3 is 10.1 Å². The number of halogens is 4. The van der Waals surface area contributed by atoms with Gasteiger partial charge in [-0.1, -0.05) is 35.9 Å². The SMILES string of the molecule is O=C1CC(Cc2ccc(OC(F)(F)F)cc2)C2CC(C(c3ccc(Cl)cc3)c3nccs3)CCC2N1. The molecular weight excluding hydrogens is 509 g/mol. The smallest absolute Gasteiger partial charge is 0.406 e. The Labute approximate surface area is 216 Å². The number of hydrogen-bond acceptors (Lipinski definition) is 4. The van der Waals surface area contributed by atoms with Crippen LogP contribution in [-0.2, 0) is 11.2 Å². The van der Waals surface area contributed by atoms with Crippen LogP contribution in [0.3, 0.4) is 0 Å². The van der Waals surface area contributed by atoms with Crippen molar-refractivity contribution < 1.29 is 22.7 Å². The number of carbonyl (C=O) groups excluding carboxylic acids is 1. The van der Waals surface area contributed by atoms with E-state index in [1.54, 1.807) is 23.5 Å². The fourth-order valence-electron chi connectivity index (χ4n) is 5.93.